The minimum absolute atomic E-state index is 0.0391. The van der Waals surface area contributed by atoms with Gasteiger partial charge in [0.2, 0.25) is 5.88 Å². The fraction of sp³-hybridized carbons (Fsp3) is 0.250. The maximum Gasteiger partial charge on any atom is 0.205 e. The molecule has 0 radical (unpaired) electrons. The number of halogens is 1. The fourth-order valence-corrected chi connectivity index (χ4v) is 3.39. The maximum atomic E-state index is 12.4. The number of hydrogen-bond acceptors (Lipinski definition) is 4. The summed E-state index contributed by atoms with van der Waals surface area (Å²) in [6.45, 7) is 0. The zero-order valence-electron chi connectivity index (χ0n) is 11.2. The molecule has 2 N–H and O–H groups in total. The lowest BCUT2D eigenvalue weighted by Gasteiger charge is -2.31. The predicted molar refractivity (Wildman–Crippen MR) is 80.7 cm³/mol. The van der Waals surface area contributed by atoms with E-state index in [0.717, 1.165) is 16.5 Å². The van der Waals surface area contributed by atoms with Crippen LogP contribution in [-0.4, -0.2) is 5.78 Å². The average Bonchev–Trinajstić information content (AvgIpc) is 2.47. The molecule has 21 heavy (non-hydrogen) atoms. The van der Waals surface area contributed by atoms with E-state index in [1.54, 1.807) is 0 Å². The first kappa shape index (κ1) is 13.9. The molecule has 0 amide bonds. The highest BCUT2D eigenvalue weighted by Gasteiger charge is 2.38. The smallest absolute Gasteiger partial charge is 0.205 e. The van der Waals surface area contributed by atoms with Gasteiger partial charge in [0, 0.05) is 22.9 Å². The standard InChI is InChI=1S/C16H13BrN2O2/c17-11-5-2-1-4-9(11)14-10(8-18)16(19)21-13-7-3-6-12(20)15(13)14/h1-2,4-5,14H,3,6-7,19H2/t14-/m0/s1. The monoisotopic (exact) mass is 344 g/mol. The molecule has 1 aromatic carbocycles. The van der Waals surface area contributed by atoms with Crippen molar-refractivity contribution in [2.45, 2.75) is 25.2 Å². The van der Waals surface area contributed by atoms with Gasteiger partial charge in [0.25, 0.3) is 0 Å². The van der Waals surface area contributed by atoms with Crippen LogP contribution in [0.1, 0.15) is 30.7 Å². The van der Waals surface area contributed by atoms with Gasteiger partial charge in [0.05, 0.1) is 5.92 Å². The Morgan fingerprint density at radius 1 is 1.33 bits per heavy atom. The van der Waals surface area contributed by atoms with E-state index >= 15 is 0 Å². The van der Waals surface area contributed by atoms with Crippen LogP contribution < -0.4 is 5.73 Å². The fourth-order valence-electron chi connectivity index (χ4n) is 2.88. The summed E-state index contributed by atoms with van der Waals surface area (Å²) in [5.74, 6) is 0.314. The van der Waals surface area contributed by atoms with Crippen LogP contribution in [0.15, 0.2) is 51.5 Å². The van der Waals surface area contributed by atoms with Crippen LogP contribution in [0, 0.1) is 11.3 Å². The first-order chi connectivity index (χ1) is 10.1. The number of benzene rings is 1. The Bertz CT molecular complexity index is 728. The number of carbonyl (C=O) groups is 1. The third-order valence-electron chi connectivity index (χ3n) is 3.82. The molecule has 0 fully saturated rings. The van der Waals surface area contributed by atoms with Crippen molar-refractivity contribution in [3.8, 4) is 6.07 Å². The Labute approximate surface area is 131 Å². The lowest BCUT2D eigenvalue weighted by Crippen LogP contribution is -2.27. The van der Waals surface area contributed by atoms with Crippen molar-refractivity contribution in [3.63, 3.8) is 0 Å². The number of Topliss-reactive ketones (excluding diaryl/α,β-unsaturated/α-hetero) is 1. The molecular formula is C16H13BrN2O2. The molecule has 2 aliphatic rings. The number of nitriles is 1. The quantitative estimate of drug-likeness (QED) is 0.848. The highest BCUT2D eigenvalue weighted by atomic mass is 79.9. The van der Waals surface area contributed by atoms with E-state index < -0.39 is 5.92 Å². The van der Waals surface area contributed by atoms with Crippen molar-refractivity contribution in [2.24, 2.45) is 5.73 Å². The summed E-state index contributed by atoms with van der Waals surface area (Å²) < 4.78 is 6.38. The SMILES string of the molecule is N#CC1=C(N)OC2=C(C(=O)CCC2)[C@H]1c1ccccc1Br. The molecule has 0 saturated heterocycles. The third-order valence-corrected chi connectivity index (χ3v) is 4.54. The van der Waals surface area contributed by atoms with E-state index in [-0.39, 0.29) is 11.7 Å². The second kappa shape index (κ2) is 5.38. The van der Waals surface area contributed by atoms with Crippen molar-refractivity contribution < 1.29 is 9.53 Å². The van der Waals surface area contributed by atoms with Gasteiger partial charge in [-0.3, -0.25) is 4.79 Å². The van der Waals surface area contributed by atoms with Crippen LogP contribution in [0.5, 0.6) is 0 Å². The summed E-state index contributed by atoms with van der Waals surface area (Å²) >= 11 is 3.50. The highest BCUT2D eigenvalue weighted by Crippen LogP contribution is 2.44. The molecule has 106 valence electrons. The minimum atomic E-state index is -0.442. The van der Waals surface area contributed by atoms with Crippen LogP contribution in [-0.2, 0) is 9.53 Å². The number of allylic oxidation sites excluding steroid dienone is 3. The molecule has 1 heterocycles. The van der Waals surface area contributed by atoms with Crippen molar-refractivity contribution in [1.29, 1.82) is 5.26 Å². The number of nitrogens with zero attached hydrogens (tertiary/aromatic N) is 1. The molecule has 0 unspecified atom stereocenters. The molecular weight excluding hydrogens is 332 g/mol. The Morgan fingerprint density at radius 2 is 2.10 bits per heavy atom. The maximum absolute atomic E-state index is 12.4. The average molecular weight is 345 g/mol. The van der Waals surface area contributed by atoms with Gasteiger partial charge < -0.3 is 10.5 Å². The summed E-state index contributed by atoms with van der Waals surface area (Å²) in [5, 5.41) is 9.44. The first-order valence-corrected chi connectivity index (χ1v) is 7.51. The van der Waals surface area contributed by atoms with Crippen molar-refractivity contribution in [2.75, 3.05) is 0 Å². The van der Waals surface area contributed by atoms with Gasteiger partial charge in [-0.1, -0.05) is 34.1 Å². The molecule has 0 aromatic heterocycles. The summed E-state index contributed by atoms with van der Waals surface area (Å²) in [4.78, 5) is 12.4. The Morgan fingerprint density at radius 3 is 2.81 bits per heavy atom. The summed E-state index contributed by atoms with van der Waals surface area (Å²) in [7, 11) is 0. The molecule has 3 rings (SSSR count). The number of hydrogen-bond donors (Lipinski definition) is 1. The summed E-state index contributed by atoms with van der Waals surface area (Å²) in [6.07, 6.45) is 1.93. The predicted octanol–water partition coefficient (Wildman–Crippen LogP) is 3.26. The van der Waals surface area contributed by atoms with E-state index in [9.17, 15) is 10.1 Å². The van der Waals surface area contributed by atoms with E-state index in [1.165, 1.54) is 0 Å². The third kappa shape index (κ3) is 2.26. The van der Waals surface area contributed by atoms with Gasteiger partial charge in [0.15, 0.2) is 5.78 Å². The Kier molecular flexibility index (Phi) is 3.56. The molecule has 0 saturated carbocycles. The molecule has 0 spiro atoms. The zero-order valence-corrected chi connectivity index (χ0v) is 12.8. The van der Waals surface area contributed by atoms with Crippen LogP contribution >= 0.6 is 15.9 Å². The molecule has 4 nitrogen and oxygen atoms in total. The van der Waals surface area contributed by atoms with Crippen LogP contribution in [0.25, 0.3) is 0 Å². The molecule has 1 aliphatic carbocycles. The summed E-state index contributed by atoms with van der Waals surface area (Å²) in [6, 6.07) is 9.67. The number of ketones is 1. The molecule has 1 aliphatic heterocycles. The summed E-state index contributed by atoms with van der Waals surface area (Å²) in [5.41, 5.74) is 7.64. The number of ether oxygens (including phenoxy) is 1. The van der Waals surface area contributed by atoms with E-state index in [2.05, 4.69) is 22.0 Å². The molecule has 1 atom stereocenters. The van der Waals surface area contributed by atoms with Crippen LogP contribution in [0.2, 0.25) is 0 Å². The second-order valence-corrected chi connectivity index (χ2v) is 5.91. The lowest BCUT2D eigenvalue weighted by molar-refractivity contribution is -0.116. The molecule has 0 bridgehead atoms. The van der Waals surface area contributed by atoms with Crippen molar-refractivity contribution in [3.05, 3.63) is 57.1 Å². The number of rotatable bonds is 1. The topological polar surface area (TPSA) is 76.1 Å². The van der Waals surface area contributed by atoms with Gasteiger partial charge in [-0.05, 0) is 18.1 Å². The minimum Gasteiger partial charge on any atom is -0.444 e. The van der Waals surface area contributed by atoms with Crippen LogP contribution in [0.3, 0.4) is 0 Å². The zero-order chi connectivity index (χ0) is 15.0. The van der Waals surface area contributed by atoms with Crippen LogP contribution in [0.4, 0.5) is 0 Å². The first-order valence-electron chi connectivity index (χ1n) is 6.71. The van der Waals surface area contributed by atoms with E-state index in [0.29, 0.717) is 29.7 Å². The van der Waals surface area contributed by atoms with Crippen molar-refractivity contribution >= 4 is 21.7 Å². The van der Waals surface area contributed by atoms with Gasteiger partial charge in [-0.25, -0.2) is 0 Å². The Hall–Kier alpha value is -2.06. The largest absolute Gasteiger partial charge is 0.444 e. The van der Waals surface area contributed by atoms with E-state index in [4.69, 9.17) is 10.5 Å². The van der Waals surface area contributed by atoms with Gasteiger partial charge in [-0.2, -0.15) is 5.26 Å². The lowest BCUT2D eigenvalue weighted by atomic mass is 9.77. The number of carbonyl (C=O) groups excluding carboxylic acids is 1. The molecule has 1 aromatic rings. The van der Waals surface area contributed by atoms with Gasteiger partial charge in [0.1, 0.15) is 17.4 Å². The number of nitrogens with two attached hydrogens (primary N) is 1. The van der Waals surface area contributed by atoms with Gasteiger partial charge in [-0.15, -0.1) is 0 Å². The van der Waals surface area contributed by atoms with Crippen molar-refractivity contribution in [1.82, 2.24) is 0 Å². The normalized spacial score (nSPS) is 21.7. The van der Waals surface area contributed by atoms with Gasteiger partial charge >= 0.3 is 0 Å². The van der Waals surface area contributed by atoms with E-state index in [1.807, 2.05) is 24.3 Å². The molecule has 5 heteroatoms. The Balaban J connectivity index is 2.23. The second-order valence-electron chi connectivity index (χ2n) is 5.06. The highest BCUT2D eigenvalue weighted by molar-refractivity contribution is 9.10.